The largest absolute Gasteiger partial charge is 0.497 e. The molecule has 1 N–H and O–H groups in total. The van der Waals surface area contributed by atoms with E-state index in [1.807, 2.05) is 12.1 Å². The summed E-state index contributed by atoms with van der Waals surface area (Å²) in [5, 5.41) is 7.65. The summed E-state index contributed by atoms with van der Waals surface area (Å²) in [5.74, 6) is 1.98. The highest BCUT2D eigenvalue weighted by atomic mass is 32.2. The Morgan fingerprint density at radius 2 is 1.89 bits per heavy atom. The molecule has 3 aromatic rings. The Bertz CT molecular complexity index is 922. The Hall–Kier alpha value is -2.80. The summed E-state index contributed by atoms with van der Waals surface area (Å²) >= 11 is 1.29. The molecule has 0 radical (unpaired) electrons. The number of carbonyl (C=O) groups excluding carboxylic acids is 1. The van der Waals surface area contributed by atoms with Gasteiger partial charge in [0.25, 0.3) is 0 Å². The number of aryl methyl sites for hydroxylation is 1. The highest BCUT2D eigenvalue weighted by Crippen LogP contribution is 2.27. The number of methoxy groups -OCH3 is 2. The molecule has 0 aliphatic rings. The highest BCUT2D eigenvalue weighted by molar-refractivity contribution is 7.99. The summed E-state index contributed by atoms with van der Waals surface area (Å²) in [5.41, 5.74) is 2.75. The van der Waals surface area contributed by atoms with Gasteiger partial charge < -0.3 is 9.47 Å². The van der Waals surface area contributed by atoms with Crippen molar-refractivity contribution in [3.05, 3.63) is 53.6 Å². The number of benzene rings is 2. The fourth-order valence-electron chi connectivity index (χ4n) is 2.58. The van der Waals surface area contributed by atoms with Gasteiger partial charge in [-0.3, -0.25) is 9.89 Å². The number of nitrogens with one attached hydrogen (secondary N) is 1. The number of aromatic nitrogens is 3. The lowest BCUT2D eigenvalue weighted by Crippen LogP contribution is -2.05. The SMILES string of the molecule is CCc1ccc(-c2nc(SCC(=O)c3ccc(OC)cc3OC)n[nH]2)cc1. The van der Waals surface area contributed by atoms with E-state index in [4.69, 9.17) is 9.47 Å². The van der Waals surface area contributed by atoms with Gasteiger partial charge in [0.2, 0.25) is 5.16 Å². The van der Waals surface area contributed by atoms with Crippen LogP contribution in [0, 0.1) is 0 Å². The maximum Gasteiger partial charge on any atom is 0.209 e. The van der Waals surface area contributed by atoms with Gasteiger partial charge in [-0.15, -0.1) is 5.10 Å². The van der Waals surface area contributed by atoms with Crippen molar-refractivity contribution in [3.63, 3.8) is 0 Å². The molecule has 0 saturated heterocycles. The average molecular weight is 383 g/mol. The highest BCUT2D eigenvalue weighted by Gasteiger charge is 2.15. The summed E-state index contributed by atoms with van der Waals surface area (Å²) in [4.78, 5) is 17.0. The number of rotatable bonds is 8. The first-order valence-corrected chi connectivity index (χ1v) is 9.53. The molecule has 0 aliphatic heterocycles. The van der Waals surface area contributed by atoms with Crippen molar-refractivity contribution in [2.24, 2.45) is 0 Å². The van der Waals surface area contributed by atoms with Crippen LogP contribution in [-0.4, -0.2) is 40.9 Å². The molecular formula is C20H21N3O3S. The van der Waals surface area contributed by atoms with Crippen molar-refractivity contribution in [1.29, 1.82) is 0 Å². The van der Waals surface area contributed by atoms with Gasteiger partial charge in [-0.2, -0.15) is 0 Å². The molecule has 0 unspecified atom stereocenters. The minimum atomic E-state index is -0.0573. The number of aromatic amines is 1. The number of thioether (sulfide) groups is 1. The Morgan fingerprint density at radius 1 is 1.11 bits per heavy atom. The average Bonchev–Trinajstić information content (AvgIpc) is 3.20. The van der Waals surface area contributed by atoms with Crippen LogP contribution in [0.3, 0.4) is 0 Å². The van der Waals surface area contributed by atoms with Crippen LogP contribution in [0.25, 0.3) is 11.4 Å². The van der Waals surface area contributed by atoms with Crippen LogP contribution in [0.5, 0.6) is 11.5 Å². The summed E-state index contributed by atoms with van der Waals surface area (Å²) in [6, 6.07) is 13.3. The van der Waals surface area contributed by atoms with Crippen LogP contribution < -0.4 is 9.47 Å². The Kier molecular flexibility index (Phi) is 6.13. The van der Waals surface area contributed by atoms with Crippen LogP contribution >= 0.6 is 11.8 Å². The summed E-state index contributed by atoms with van der Waals surface area (Å²) in [6.45, 7) is 2.12. The van der Waals surface area contributed by atoms with E-state index < -0.39 is 0 Å². The third-order valence-electron chi connectivity index (χ3n) is 4.14. The van der Waals surface area contributed by atoms with Gasteiger partial charge >= 0.3 is 0 Å². The molecule has 3 rings (SSSR count). The molecule has 0 amide bonds. The summed E-state index contributed by atoms with van der Waals surface area (Å²) in [6.07, 6.45) is 0.995. The molecule has 0 atom stereocenters. The van der Waals surface area contributed by atoms with E-state index in [-0.39, 0.29) is 11.5 Å². The Labute approximate surface area is 162 Å². The molecule has 7 heteroatoms. The Balaban J connectivity index is 1.66. The summed E-state index contributed by atoms with van der Waals surface area (Å²) < 4.78 is 10.5. The number of carbonyl (C=O) groups is 1. The number of ketones is 1. The molecule has 0 aliphatic carbocycles. The molecule has 0 saturated carbocycles. The maximum atomic E-state index is 12.5. The van der Waals surface area contributed by atoms with E-state index in [9.17, 15) is 4.79 Å². The van der Waals surface area contributed by atoms with Crippen LogP contribution in [0.4, 0.5) is 0 Å². The van der Waals surface area contributed by atoms with Gasteiger partial charge in [-0.25, -0.2) is 4.98 Å². The zero-order valence-electron chi connectivity index (χ0n) is 15.5. The van der Waals surface area contributed by atoms with E-state index in [1.165, 1.54) is 24.4 Å². The van der Waals surface area contributed by atoms with Gasteiger partial charge in [0.15, 0.2) is 11.6 Å². The summed E-state index contributed by atoms with van der Waals surface area (Å²) in [7, 11) is 3.10. The third-order valence-corrected chi connectivity index (χ3v) is 4.99. The quantitative estimate of drug-likeness (QED) is 0.467. The first kappa shape index (κ1) is 19.0. The molecule has 6 nitrogen and oxygen atoms in total. The molecule has 140 valence electrons. The fourth-order valence-corrected chi connectivity index (χ4v) is 3.26. The van der Waals surface area contributed by atoms with E-state index >= 15 is 0 Å². The van der Waals surface area contributed by atoms with Crippen molar-refractivity contribution in [2.45, 2.75) is 18.5 Å². The first-order valence-electron chi connectivity index (χ1n) is 8.54. The predicted octanol–water partition coefficient (Wildman–Crippen LogP) is 4.03. The lowest BCUT2D eigenvalue weighted by atomic mass is 10.1. The lowest BCUT2D eigenvalue weighted by molar-refractivity contribution is 0.101. The van der Waals surface area contributed by atoms with Gasteiger partial charge in [-0.1, -0.05) is 43.0 Å². The monoisotopic (exact) mass is 383 g/mol. The van der Waals surface area contributed by atoms with E-state index in [2.05, 4.69) is 34.2 Å². The predicted molar refractivity (Wildman–Crippen MR) is 106 cm³/mol. The van der Waals surface area contributed by atoms with E-state index in [1.54, 1.807) is 25.3 Å². The number of H-pyrrole nitrogens is 1. The van der Waals surface area contributed by atoms with Crippen LogP contribution in [-0.2, 0) is 6.42 Å². The van der Waals surface area contributed by atoms with Crippen molar-refractivity contribution in [3.8, 4) is 22.9 Å². The zero-order valence-corrected chi connectivity index (χ0v) is 16.3. The molecule has 0 bridgehead atoms. The normalized spacial score (nSPS) is 10.6. The van der Waals surface area contributed by atoms with Crippen LogP contribution in [0.15, 0.2) is 47.6 Å². The zero-order chi connectivity index (χ0) is 19.2. The second-order valence-corrected chi connectivity index (χ2v) is 6.74. The third kappa shape index (κ3) is 4.49. The second-order valence-electron chi connectivity index (χ2n) is 5.80. The number of ether oxygens (including phenoxy) is 2. The number of nitrogens with zero attached hydrogens (tertiary/aromatic N) is 2. The second kappa shape index (κ2) is 8.73. The molecule has 1 heterocycles. The molecule has 0 spiro atoms. The minimum Gasteiger partial charge on any atom is -0.497 e. The first-order chi connectivity index (χ1) is 13.1. The van der Waals surface area contributed by atoms with Crippen LogP contribution in [0.1, 0.15) is 22.8 Å². The smallest absolute Gasteiger partial charge is 0.209 e. The lowest BCUT2D eigenvalue weighted by Gasteiger charge is -2.08. The van der Waals surface area contributed by atoms with E-state index in [0.717, 1.165) is 12.0 Å². The van der Waals surface area contributed by atoms with E-state index in [0.29, 0.717) is 28.0 Å². The number of hydrogen-bond acceptors (Lipinski definition) is 6. The van der Waals surface area contributed by atoms with Gasteiger partial charge in [-0.05, 0) is 24.1 Å². The minimum absolute atomic E-state index is 0.0573. The Morgan fingerprint density at radius 3 is 2.56 bits per heavy atom. The molecule has 2 aromatic carbocycles. The fraction of sp³-hybridized carbons (Fsp3) is 0.250. The number of hydrogen-bond donors (Lipinski definition) is 1. The van der Waals surface area contributed by atoms with Crippen molar-refractivity contribution >= 4 is 17.5 Å². The maximum absolute atomic E-state index is 12.5. The van der Waals surface area contributed by atoms with Crippen molar-refractivity contribution in [2.75, 3.05) is 20.0 Å². The molecule has 1 aromatic heterocycles. The van der Waals surface area contributed by atoms with Crippen LogP contribution in [0.2, 0.25) is 0 Å². The topological polar surface area (TPSA) is 77.1 Å². The molecule has 0 fully saturated rings. The number of Topliss-reactive ketones (excluding diaryl/α,β-unsaturated/α-hetero) is 1. The van der Waals surface area contributed by atoms with Crippen molar-refractivity contribution < 1.29 is 14.3 Å². The van der Waals surface area contributed by atoms with Gasteiger partial charge in [0.05, 0.1) is 25.5 Å². The van der Waals surface area contributed by atoms with Gasteiger partial charge in [0, 0.05) is 11.6 Å². The standard InChI is InChI=1S/C20H21N3O3S/c1-4-13-5-7-14(8-6-13)19-21-20(23-22-19)27-12-17(24)16-10-9-15(25-2)11-18(16)26-3/h5-11H,4,12H2,1-3H3,(H,21,22,23). The van der Waals surface area contributed by atoms with Crippen molar-refractivity contribution in [1.82, 2.24) is 15.2 Å². The molecular weight excluding hydrogens is 362 g/mol. The van der Waals surface area contributed by atoms with Gasteiger partial charge in [0.1, 0.15) is 11.5 Å². The molecule has 27 heavy (non-hydrogen) atoms.